The van der Waals surface area contributed by atoms with Gasteiger partial charge in [-0.15, -0.1) is 0 Å². The summed E-state index contributed by atoms with van der Waals surface area (Å²) in [7, 11) is 1.46. The summed E-state index contributed by atoms with van der Waals surface area (Å²) in [5, 5.41) is 13.6. The van der Waals surface area contributed by atoms with Crippen LogP contribution in [0.15, 0.2) is 46.2 Å². The van der Waals surface area contributed by atoms with E-state index in [1.165, 1.54) is 7.11 Å². The van der Waals surface area contributed by atoms with Gasteiger partial charge in [-0.3, -0.25) is 0 Å². The fraction of sp³-hybridized carbons (Fsp3) is 0.0588. The molecule has 0 spiro atoms. The second-order valence-corrected chi connectivity index (χ2v) is 6.48. The van der Waals surface area contributed by atoms with Crippen LogP contribution >= 0.6 is 11.6 Å². The quantitative estimate of drug-likeness (QED) is 0.455. The van der Waals surface area contributed by atoms with Gasteiger partial charge in [0, 0.05) is 34.1 Å². The lowest BCUT2D eigenvalue weighted by Gasteiger charge is -2.12. The number of rotatable bonds is 3. The third-order valence-electron chi connectivity index (χ3n) is 4.43. The van der Waals surface area contributed by atoms with Gasteiger partial charge in [-0.2, -0.15) is 19.2 Å². The highest BCUT2D eigenvalue weighted by Crippen LogP contribution is 2.36. The van der Waals surface area contributed by atoms with Crippen molar-refractivity contribution < 1.29 is 4.74 Å². The summed E-state index contributed by atoms with van der Waals surface area (Å²) in [6.07, 6.45) is 3.09. The van der Waals surface area contributed by atoms with E-state index < -0.39 is 11.4 Å². The van der Waals surface area contributed by atoms with Crippen molar-refractivity contribution in [3.05, 3.63) is 62.7 Å². The third kappa shape index (κ3) is 2.51. The lowest BCUT2D eigenvalue weighted by Crippen LogP contribution is -2.24. The maximum Gasteiger partial charge on any atom is 0.363 e. The number of methoxy groups -OCH3 is 1. The maximum atomic E-state index is 12.4. The van der Waals surface area contributed by atoms with E-state index in [1.807, 2.05) is 0 Å². The van der Waals surface area contributed by atoms with Gasteiger partial charge >= 0.3 is 17.4 Å². The van der Waals surface area contributed by atoms with E-state index in [-0.39, 0.29) is 17.3 Å². The van der Waals surface area contributed by atoms with Crippen LogP contribution in [0.25, 0.3) is 33.5 Å². The Morgan fingerprint density at radius 1 is 0.862 bits per heavy atom. The monoisotopic (exact) mass is 410 g/mol. The average Bonchev–Trinajstić information content (AvgIpc) is 3.31. The molecule has 0 radical (unpaired) electrons. The molecule has 5 rings (SSSR count). The molecule has 5 aromatic rings. The van der Waals surface area contributed by atoms with Crippen LogP contribution in [0, 0.1) is 0 Å². The van der Waals surface area contributed by atoms with E-state index in [2.05, 4.69) is 30.4 Å². The topological polar surface area (TPSA) is 135 Å². The first-order chi connectivity index (χ1) is 14.1. The molecule has 0 aliphatic carbocycles. The molecular weight excluding hydrogens is 400 g/mol. The standard InChI is InChI=1S/C17H11ClN8O3/c1-29-15-19-6-9(7-20-15)12-11(8-2-4-10(18)5-3-8)13-21-23-16(27)25(13)26-14(12)22-24-17(26)28/h2-7H,1H3,(H,23,27)(H,24,28). The minimum Gasteiger partial charge on any atom is -0.467 e. The molecule has 0 saturated heterocycles. The third-order valence-corrected chi connectivity index (χ3v) is 4.68. The van der Waals surface area contributed by atoms with Crippen molar-refractivity contribution in [1.82, 2.24) is 39.4 Å². The van der Waals surface area contributed by atoms with Crippen LogP contribution in [0.4, 0.5) is 0 Å². The fourth-order valence-electron chi connectivity index (χ4n) is 3.22. The molecule has 4 heterocycles. The Kier molecular flexibility index (Phi) is 3.71. The summed E-state index contributed by atoms with van der Waals surface area (Å²) in [6.45, 7) is 0. The Balaban J connectivity index is 2.00. The summed E-state index contributed by atoms with van der Waals surface area (Å²) >= 11 is 6.04. The molecule has 0 amide bonds. The molecule has 12 heteroatoms. The zero-order valence-electron chi connectivity index (χ0n) is 14.8. The predicted octanol–water partition coefficient (Wildman–Crippen LogP) is 1.14. The van der Waals surface area contributed by atoms with E-state index in [9.17, 15) is 9.59 Å². The van der Waals surface area contributed by atoms with Gasteiger partial charge in [-0.25, -0.2) is 29.8 Å². The Hall–Kier alpha value is -3.99. The van der Waals surface area contributed by atoms with E-state index in [4.69, 9.17) is 16.3 Å². The number of nitrogens with one attached hydrogen (secondary N) is 2. The van der Waals surface area contributed by atoms with Crippen molar-refractivity contribution in [2.45, 2.75) is 0 Å². The number of ether oxygens (including phenoxy) is 1. The van der Waals surface area contributed by atoms with Crippen molar-refractivity contribution in [3.8, 4) is 28.3 Å². The zero-order valence-corrected chi connectivity index (χ0v) is 15.5. The largest absolute Gasteiger partial charge is 0.467 e. The number of fused-ring (bicyclic) bond motifs is 3. The average molecular weight is 411 g/mol. The summed E-state index contributed by atoms with van der Waals surface area (Å²) in [6, 6.07) is 7.19. The lowest BCUT2D eigenvalue weighted by atomic mass is 9.98. The van der Waals surface area contributed by atoms with Crippen LogP contribution in [-0.2, 0) is 0 Å². The maximum absolute atomic E-state index is 12.4. The van der Waals surface area contributed by atoms with Gasteiger partial charge in [0.1, 0.15) is 0 Å². The lowest BCUT2D eigenvalue weighted by molar-refractivity contribution is 0.380. The second kappa shape index (κ2) is 6.27. The highest BCUT2D eigenvalue weighted by atomic mass is 35.5. The molecule has 1 aromatic carbocycles. The van der Waals surface area contributed by atoms with Crippen LogP contribution in [0.5, 0.6) is 6.01 Å². The van der Waals surface area contributed by atoms with Gasteiger partial charge in [-0.1, -0.05) is 23.7 Å². The highest BCUT2D eigenvalue weighted by Gasteiger charge is 2.23. The van der Waals surface area contributed by atoms with Crippen LogP contribution < -0.4 is 16.1 Å². The number of nitrogens with zero attached hydrogens (tertiary/aromatic N) is 6. The van der Waals surface area contributed by atoms with Crippen LogP contribution in [0.1, 0.15) is 0 Å². The van der Waals surface area contributed by atoms with Crippen molar-refractivity contribution in [2.24, 2.45) is 0 Å². The number of hydrogen-bond acceptors (Lipinski definition) is 7. The van der Waals surface area contributed by atoms with Crippen LogP contribution in [0.3, 0.4) is 0 Å². The first-order valence-electron chi connectivity index (χ1n) is 8.31. The normalized spacial score (nSPS) is 11.4. The molecule has 0 fully saturated rings. The molecule has 0 aliphatic heterocycles. The number of H-pyrrole nitrogens is 2. The number of aromatic nitrogens is 8. The fourth-order valence-corrected chi connectivity index (χ4v) is 3.34. The minimum absolute atomic E-state index is 0.189. The molecule has 11 nitrogen and oxygen atoms in total. The van der Waals surface area contributed by atoms with Gasteiger partial charge in [0.2, 0.25) is 0 Å². The molecule has 0 saturated carbocycles. The predicted molar refractivity (Wildman–Crippen MR) is 103 cm³/mol. The van der Waals surface area contributed by atoms with Gasteiger partial charge in [-0.05, 0) is 17.7 Å². The van der Waals surface area contributed by atoms with Crippen LogP contribution in [0.2, 0.25) is 5.02 Å². The number of hydrogen-bond donors (Lipinski definition) is 2. The first-order valence-corrected chi connectivity index (χ1v) is 8.69. The Bertz CT molecular complexity index is 1480. The molecule has 29 heavy (non-hydrogen) atoms. The van der Waals surface area contributed by atoms with Gasteiger partial charge in [0.05, 0.1) is 7.11 Å². The van der Waals surface area contributed by atoms with Gasteiger partial charge < -0.3 is 4.74 Å². The molecule has 0 unspecified atom stereocenters. The molecular formula is C17H11ClN8O3. The Morgan fingerprint density at radius 3 is 1.90 bits per heavy atom. The van der Waals surface area contributed by atoms with Crippen molar-refractivity contribution in [2.75, 3.05) is 7.11 Å². The van der Waals surface area contributed by atoms with Crippen molar-refractivity contribution >= 4 is 22.9 Å². The smallest absolute Gasteiger partial charge is 0.363 e. The highest BCUT2D eigenvalue weighted by molar-refractivity contribution is 6.30. The SMILES string of the molecule is COc1ncc(-c2c(-c3ccc(Cl)cc3)c3n[nH]c(=O)n3n3c(=O)[nH]nc23)cn1. The van der Waals surface area contributed by atoms with E-state index >= 15 is 0 Å². The molecule has 0 aliphatic rings. The minimum atomic E-state index is -0.591. The van der Waals surface area contributed by atoms with Gasteiger partial charge in [0.15, 0.2) is 11.3 Å². The van der Waals surface area contributed by atoms with E-state index in [0.29, 0.717) is 27.3 Å². The number of aromatic amines is 2. The molecule has 0 bridgehead atoms. The van der Waals surface area contributed by atoms with E-state index in [1.54, 1.807) is 36.7 Å². The van der Waals surface area contributed by atoms with Crippen molar-refractivity contribution in [3.63, 3.8) is 0 Å². The van der Waals surface area contributed by atoms with Crippen LogP contribution in [-0.4, -0.2) is 46.5 Å². The Morgan fingerprint density at radius 2 is 1.38 bits per heavy atom. The van der Waals surface area contributed by atoms with Crippen molar-refractivity contribution in [1.29, 1.82) is 0 Å². The molecule has 0 atom stereocenters. The molecule has 2 N–H and O–H groups in total. The molecule has 4 aromatic heterocycles. The summed E-state index contributed by atoms with van der Waals surface area (Å²) in [5.41, 5.74) is 1.61. The number of halogens is 1. The number of benzene rings is 1. The first kappa shape index (κ1) is 17.1. The zero-order chi connectivity index (χ0) is 20.1. The summed E-state index contributed by atoms with van der Waals surface area (Å²) < 4.78 is 7.26. The van der Waals surface area contributed by atoms with Gasteiger partial charge in [0.25, 0.3) is 0 Å². The summed E-state index contributed by atoms with van der Waals surface area (Å²) in [5.74, 6) is 0. The Labute approximate surface area is 165 Å². The molecule has 144 valence electrons. The summed E-state index contributed by atoms with van der Waals surface area (Å²) in [4.78, 5) is 33.1. The van der Waals surface area contributed by atoms with E-state index in [0.717, 1.165) is 9.03 Å². The second-order valence-electron chi connectivity index (χ2n) is 6.04.